The van der Waals surface area contributed by atoms with Crippen LogP contribution >= 0.6 is 0 Å². The molecule has 19 heavy (non-hydrogen) atoms. The average Bonchev–Trinajstić information content (AvgIpc) is 2.22. The second kappa shape index (κ2) is 5.90. The minimum absolute atomic E-state index is 0.149. The lowest BCUT2D eigenvalue weighted by atomic mass is 10.2. The van der Waals surface area contributed by atoms with Crippen molar-refractivity contribution in [1.82, 2.24) is 5.32 Å². The largest absolute Gasteiger partial charge is 0.448 e. The zero-order valence-corrected chi connectivity index (χ0v) is 11.5. The number of hydrogen-bond donors (Lipinski definition) is 1. The van der Waals surface area contributed by atoms with Gasteiger partial charge in [0.05, 0.1) is 0 Å². The first-order valence-corrected chi connectivity index (χ1v) is 6.07. The molecule has 1 amide bonds. The molecule has 0 aromatic carbocycles. The van der Waals surface area contributed by atoms with E-state index >= 15 is 0 Å². The molecule has 1 rings (SSSR count). The van der Waals surface area contributed by atoms with Crippen molar-refractivity contribution >= 4 is 18.0 Å². The molecule has 1 aliphatic heterocycles. The van der Waals surface area contributed by atoms with Gasteiger partial charge >= 0.3 is 18.0 Å². The minimum Gasteiger partial charge on any atom is -0.448 e. The van der Waals surface area contributed by atoms with Crippen molar-refractivity contribution < 1.29 is 28.6 Å². The van der Waals surface area contributed by atoms with Gasteiger partial charge in [0.15, 0.2) is 6.10 Å². The Morgan fingerprint density at radius 1 is 1.26 bits per heavy atom. The molecular weight excluding hydrogens is 254 g/mol. The lowest BCUT2D eigenvalue weighted by Crippen LogP contribution is -2.44. The van der Waals surface area contributed by atoms with Crippen LogP contribution in [0.5, 0.6) is 0 Å². The topological polar surface area (TPSA) is 90.9 Å². The number of hydrogen-bond acceptors (Lipinski definition) is 6. The highest BCUT2D eigenvalue weighted by Crippen LogP contribution is 2.12. The third-order valence-electron chi connectivity index (χ3n) is 2.22. The number of nitrogens with one attached hydrogen (secondary N) is 1. The number of carbonyl (C=O) groups is 3. The van der Waals surface area contributed by atoms with Crippen molar-refractivity contribution in [3.8, 4) is 0 Å². The van der Waals surface area contributed by atoms with Crippen LogP contribution in [0.25, 0.3) is 0 Å². The van der Waals surface area contributed by atoms with Gasteiger partial charge in [-0.05, 0) is 27.7 Å². The summed E-state index contributed by atoms with van der Waals surface area (Å²) in [5.41, 5.74) is -0.588. The number of esters is 2. The van der Waals surface area contributed by atoms with Gasteiger partial charge in [-0.3, -0.25) is 0 Å². The number of alkyl carbamates (subject to hydrolysis) is 1. The Morgan fingerprint density at radius 3 is 2.47 bits per heavy atom. The van der Waals surface area contributed by atoms with Crippen LogP contribution in [0.2, 0.25) is 0 Å². The normalized spacial score (nSPS) is 23.4. The van der Waals surface area contributed by atoms with Crippen LogP contribution in [0.4, 0.5) is 4.79 Å². The summed E-state index contributed by atoms with van der Waals surface area (Å²) in [6.45, 7) is 6.82. The second-order valence-corrected chi connectivity index (χ2v) is 5.22. The first-order valence-electron chi connectivity index (χ1n) is 6.07. The molecule has 2 atom stereocenters. The molecule has 0 unspecified atom stereocenters. The van der Waals surface area contributed by atoms with Gasteiger partial charge in [0.2, 0.25) is 6.10 Å². The van der Waals surface area contributed by atoms with E-state index in [1.807, 2.05) is 0 Å². The maximum atomic E-state index is 11.4. The van der Waals surface area contributed by atoms with Crippen LogP contribution < -0.4 is 5.32 Å². The van der Waals surface area contributed by atoms with E-state index in [9.17, 15) is 14.4 Å². The molecule has 0 aromatic rings. The number of ether oxygens (including phenoxy) is 3. The van der Waals surface area contributed by atoms with Crippen molar-refractivity contribution in [3.63, 3.8) is 0 Å². The van der Waals surface area contributed by atoms with E-state index in [4.69, 9.17) is 14.2 Å². The third-order valence-corrected chi connectivity index (χ3v) is 2.22. The van der Waals surface area contributed by atoms with Crippen LogP contribution in [0, 0.1) is 0 Å². The summed E-state index contributed by atoms with van der Waals surface area (Å²) in [6.07, 6.45) is -2.28. The van der Waals surface area contributed by atoms with Crippen LogP contribution in [-0.4, -0.2) is 42.4 Å². The Morgan fingerprint density at radius 2 is 1.89 bits per heavy atom. The van der Waals surface area contributed by atoms with Gasteiger partial charge in [-0.1, -0.05) is 0 Å². The Kier molecular flexibility index (Phi) is 4.74. The summed E-state index contributed by atoms with van der Waals surface area (Å²) in [4.78, 5) is 34.0. The van der Waals surface area contributed by atoms with E-state index in [-0.39, 0.29) is 13.0 Å². The zero-order chi connectivity index (χ0) is 14.6. The average molecular weight is 273 g/mol. The molecule has 0 bridgehead atoms. The van der Waals surface area contributed by atoms with Gasteiger partial charge in [-0.15, -0.1) is 0 Å². The van der Waals surface area contributed by atoms with Crippen LogP contribution in [0.1, 0.15) is 34.1 Å². The predicted molar refractivity (Wildman–Crippen MR) is 64.3 cm³/mol. The highest BCUT2D eigenvalue weighted by Gasteiger charge is 2.35. The number of amides is 1. The van der Waals surface area contributed by atoms with E-state index in [1.165, 1.54) is 6.92 Å². The smallest absolute Gasteiger partial charge is 0.407 e. The molecule has 1 fully saturated rings. The quantitative estimate of drug-likeness (QED) is 0.603. The fourth-order valence-corrected chi connectivity index (χ4v) is 1.38. The molecule has 0 saturated carbocycles. The number of rotatable bonds is 3. The Balaban J connectivity index is 2.31. The minimum atomic E-state index is -0.973. The number of carbonyl (C=O) groups excluding carboxylic acids is 3. The summed E-state index contributed by atoms with van der Waals surface area (Å²) in [5.74, 6) is -1.18. The standard InChI is InChI=1S/C12H19NO6/c1-7-9(14)18-8(10(15)17-7)5-6-13-11(16)19-12(2,3)4/h7-8H,5-6H2,1-4H3,(H,13,16)/t7-,8-/m0/s1. The fourth-order valence-electron chi connectivity index (χ4n) is 1.38. The summed E-state index contributed by atoms with van der Waals surface area (Å²) in [5, 5.41) is 2.47. The first-order chi connectivity index (χ1) is 8.69. The maximum absolute atomic E-state index is 11.4. The van der Waals surface area contributed by atoms with E-state index in [1.54, 1.807) is 20.8 Å². The van der Waals surface area contributed by atoms with E-state index in [2.05, 4.69) is 5.32 Å². The molecule has 0 spiro atoms. The van der Waals surface area contributed by atoms with Crippen molar-refractivity contribution in [2.45, 2.75) is 51.9 Å². The van der Waals surface area contributed by atoms with Gasteiger partial charge in [-0.2, -0.15) is 0 Å². The van der Waals surface area contributed by atoms with E-state index < -0.39 is 35.8 Å². The van der Waals surface area contributed by atoms with Crippen LogP contribution in [0.3, 0.4) is 0 Å². The van der Waals surface area contributed by atoms with Gasteiger partial charge in [0.25, 0.3) is 0 Å². The van der Waals surface area contributed by atoms with Crippen molar-refractivity contribution in [2.75, 3.05) is 6.54 Å². The molecule has 0 aromatic heterocycles. The molecule has 7 nitrogen and oxygen atoms in total. The SMILES string of the molecule is C[C@@H]1OC(=O)[C@H](CCNC(=O)OC(C)(C)C)OC1=O. The Bertz CT molecular complexity index is 373. The summed E-state index contributed by atoms with van der Waals surface area (Å²) in [7, 11) is 0. The molecule has 1 aliphatic rings. The Hall–Kier alpha value is -1.79. The molecule has 0 aliphatic carbocycles. The molecular formula is C12H19NO6. The van der Waals surface area contributed by atoms with Gasteiger partial charge in [0, 0.05) is 13.0 Å². The second-order valence-electron chi connectivity index (χ2n) is 5.22. The van der Waals surface area contributed by atoms with Crippen molar-refractivity contribution in [1.29, 1.82) is 0 Å². The summed E-state index contributed by atoms with van der Waals surface area (Å²) < 4.78 is 14.7. The van der Waals surface area contributed by atoms with Gasteiger partial charge in [0.1, 0.15) is 5.60 Å². The maximum Gasteiger partial charge on any atom is 0.407 e. The third kappa shape index (κ3) is 5.15. The lowest BCUT2D eigenvalue weighted by Gasteiger charge is -2.25. The molecule has 108 valence electrons. The van der Waals surface area contributed by atoms with Crippen molar-refractivity contribution in [2.24, 2.45) is 0 Å². The molecule has 1 heterocycles. The summed E-state index contributed by atoms with van der Waals surface area (Å²) >= 11 is 0. The monoisotopic (exact) mass is 273 g/mol. The highest BCUT2D eigenvalue weighted by atomic mass is 16.6. The van der Waals surface area contributed by atoms with Gasteiger partial charge in [-0.25, -0.2) is 14.4 Å². The summed E-state index contributed by atoms with van der Waals surface area (Å²) in [6, 6.07) is 0. The zero-order valence-electron chi connectivity index (χ0n) is 11.5. The molecule has 1 saturated heterocycles. The first kappa shape index (κ1) is 15.3. The van der Waals surface area contributed by atoms with E-state index in [0.29, 0.717) is 0 Å². The highest BCUT2D eigenvalue weighted by molar-refractivity contribution is 5.87. The van der Waals surface area contributed by atoms with Crippen LogP contribution in [-0.2, 0) is 23.8 Å². The van der Waals surface area contributed by atoms with Gasteiger partial charge < -0.3 is 19.5 Å². The molecule has 0 radical (unpaired) electrons. The molecule has 7 heteroatoms. The number of cyclic esters (lactones) is 2. The predicted octanol–water partition coefficient (Wildman–Crippen LogP) is 0.758. The Labute approximate surface area is 111 Å². The van der Waals surface area contributed by atoms with Crippen molar-refractivity contribution in [3.05, 3.63) is 0 Å². The molecule has 1 N–H and O–H groups in total. The van der Waals surface area contributed by atoms with Crippen LogP contribution in [0.15, 0.2) is 0 Å². The lowest BCUT2D eigenvalue weighted by molar-refractivity contribution is -0.193. The fraction of sp³-hybridized carbons (Fsp3) is 0.750. The van der Waals surface area contributed by atoms with E-state index in [0.717, 1.165) is 0 Å².